The van der Waals surface area contributed by atoms with Crippen molar-refractivity contribution in [2.24, 2.45) is 0 Å². The maximum Gasteiger partial charge on any atom is 0.416 e. The van der Waals surface area contributed by atoms with Crippen LogP contribution in [0.3, 0.4) is 0 Å². The highest BCUT2D eigenvalue weighted by Gasteiger charge is 2.32. The van der Waals surface area contributed by atoms with E-state index in [0.29, 0.717) is 19.2 Å². The molecule has 4 rings (SSSR count). The van der Waals surface area contributed by atoms with Crippen LogP contribution in [-0.2, 0) is 16.2 Å². The number of nitrogens with one attached hydrogen (secondary N) is 2. The van der Waals surface area contributed by atoms with Crippen LogP contribution in [0.2, 0.25) is 0 Å². The highest BCUT2D eigenvalue weighted by Crippen LogP contribution is 2.34. The van der Waals surface area contributed by atoms with Crippen molar-refractivity contribution in [3.63, 3.8) is 0 Å². The number of sulfonamides is 1. The molecule has 1 amide bonds. The van der Waals surface area contributed by atoms with E-state index in [1.165, 1.54) is 23.1 Å². The van der Waals surface area contributed by atoms with Crippen LogP contribution in [0.1, 0.15) is 28.9 Å². The normalized spacial score (nSPS) is 14.7. The number of aromatic amines is 1. The van der Waals surface area contributed by atoms with Crippen LogP contribution in [0.5, 0.6) is 0 Å². The SMILES string of the molecule is O=C(c1cc(S(=O)(=O)Nc2cc(C(F)(F)F)ccc2-n2cccn2)c[nH]1)N1CCCC1. The lowest BCUT2D eigenvalue weighted by Gasteiger charge is -2.15. The zero-order valence-corrected chi connectivity index (χ0v) is 16.9. The van der Waals surface area contributed by atoms with Crippen LogP contribution >= 0.6 is 0 Å². The summed E-state index contributed by atoms with van der Waals surface area (Å²) in [5, 5.41) is 3.96. The molecule has 8 nitrogen and oxygen atoms in total. The number of carbonyl (C=O) groups excluding carboxylic acids is 1. The summed E-state index contributed by atoms with van der Waals surface area (Å²) >= 11 is 0. The number of halogens is 3. The Kier molecular flexibility index (Phi) is 5.25. The fourth-order valence-electron chi connectivity index (χ4n) is 3.35. The van der Waals surface area contributed by atoms with Gasteiger partial charge in [-0.15, -0.1) is 0 Å². The van der Waals surface area contributed by atoms with Crippen LogP contribution in [0.4, 0.5) is 18.9 Å². The van der Waals surface area contributed by atoms with Gasteiger partial charge in [0.1, 0.15) is 10.6 Å². The zero-order valence-electron chi connectivity index (χ0n) is 16.1. The zero-order chi connectivity index (χ0) is 22.2. The molecule has 0 spiro atoms. The van der Waals surface area contributed by atoms with Gasteiger partial charge >= 0.3 is 6.18 Å². The van der Waals surface area contributed by atoms with E-state index in [2.05, 4.69) is 14.8 Å². The lowest BCUT2D eigenvalue weighted by Crippen LogP contribution is -2.27. The van der Waals surface area contributed by atoms with Crippen molar-refractivity contribution in [3.05, 3.63) is 60.2 Å². The molecule has 12 heteroatoms. The monoisotopic (exact) mass is 453 g/mol. The average Bonchev–Trinajstić information content (AvgIpc) is 3.49. The number of carbonyl (C=O) groups is 1. The third-order valence-corrected chi connectivity index (χ3v) is 6.25. The summed E-state index contributed by atoms with van der Waals surface area (Å²) in [6, 6.07) is 5.41. The van der Waals surface area contributed by atoms with Crippen LogP contribution in [-0.4, -0.2) is 47.1 Å². The van der Waals surface area contributed by atoms with Crippen LogP contribution in [0, 0.1) is 0 Å². The summed E-state index contributed by atoms with van der Waals surface area (Å²) in [6.07, 6.45) is 1.12. The molecular formula is C19H18F3N5O3S. The smallest absolute Gasteiger partial charge is 0.356 e. The summed E-state index contributed by atoms with van der Waals surface area (Å²) in [4.78, 5) is 16.4. The second-order valence-electron chi connectivity index (χ2n) is 7.03. The molecule has 1 aliphatic rings. The molecule has 0 atom stereocenters. The van der Waals surface area contributed by atoms with E-state index < -0.39 is 21.8 Å². The number of amides is 1. The fraction of sp³-hybridized carbons (Fsp3) is 0.263. The molecule has 3 heterocycles. The maximum atomic E-state index is 13.2. The predicted molar refractivity (Wildman–Crippen MR) is 105 cm³/mol. The summed E-state index contributed by atoms with van der Waals surface area (Å²) in [7, 11) is -4.29. The van der Waals surface area contributed by atoms with Gasteiger partial charge in [0.25, 0.3) is 15.9 Å². The second-order valence-corrected chi connectivity index (χ2v) is 8.72. The van der Waals surface area contributed by atoms with Crippen molar-refractivity contribution in [2.45, 2.75) is 23.9 Å². The number of rotatable bonds is 5. The van der Waals surface area contributed by atoms with E-state index in [-0.39, 0.29) is 27.9 Å². The molecular weight excluding hydrogens is 435 g/mol. The predicted octanol–water partition coefficient (Wildman–Crippen LogP) is 3.26. The molecule has 0 unspecified atom stereocenters. The Morgan fingerprint density at radius 3 is 2.55 bits per heavy atom. The van der Waals surface area contributed by atoms with Crippen LogP contribution < -0.4 is 4.72 Å². The molecule has 3 aromatic rings. The molecule has 1 aromatic carbocycles. The minimum Gasteiger partial charge on any atom is -0.356 e. The lowest BCUT2D eigenvalue weighted by atomic mass is 10.1. The fourth-order valence-corrected chi connectivity index (χ4v) is 4.41. The van der Waals surface area contributed by atoms with Gasteiger partial charge < -0.3 is 9.88 Å². The van der Waals surface area contributed by atoms with Gasteiger partial charge in [0.15, 0.2) is 0 Å². The number of likely N-dealkylation sites (tertiary alicyclic amines) is 1. The standard InChI is InChI=1S/C19H18F3N5O3S/c20-19(21,22)13-4-5-17(27-9-3-6-24-27)15(10-13)25-31(29,30)14-11-16(23-12-14)18(28)26-7-1-2-8-26/h3-6,9-12,23,25H,1-2,7-8H2. The van der Waals surface area contributed by atoms with Gasteiger partial charge in [0, 0.05) is 31.7 Å². The maximum absolute atomic E-state index is 13.2. The Balaban J connectivity index is 1.67. The third kappa shape index (κ3) is 4.29. The quantitative estimate of drug-likeness (QED) is 0.619. The first kappa shape index (κ1) is 21.0. The van der Waals surface area contributed by atoms with E-state index in [1.54, 1.807) is 11.0 Å². The van der Waals surface area contributed by atoms with Crippen LogP contribution in [0.15, 0.2) is 53.8 Å². The molecule has 164 valence electrons. The minimum absolute atomic E-state index is 0.0959. The number of aromatic nitrogens is 3. The third-order valence-electron chi connectivity index (χ3n) is 4.91. The van der Waals surface area contributed by atoms with Gasteiger partial charge in [-0.05, 0) is 43.2 Å². The number of H-pyrrole nitrogens is 1. The first-order chi connectivity index (χ1) is 14.6. The molecule has 2 N–H and O–H groups in total. The summed E-state index contributed by atoms with van der Waals surface area (Å²) < 4.78 is 68.8. The van der Waals surface area contributed by atoms with Crippen molar-refractivity contribution in [2.75, 3.05) is 17.8 Å². The Bertz CT molecular complexity index is 1200. The minimum atomic E-state index is -4.66. The van der Waals surface area contributed by atoms with Gasteiger partial charge in [0.05, 0.1) is 16.9 Å². The molecule has 0 saturated carbocycles. The number of benzene rings is 1. The molecule has 1 aliphatic heterocycles. The van der Waals surface area contributed by atoms with Crippen LogP contribution in [0.25, 0.3) is 5.69 Å². The Morgan fingerprint density at radius 2 is 1.90 bits per heavy atom. The summed E-state index contributed by atoms with van der Waals surface area (Å²) in [5.41, 5.74) is -1.10. The van der Waals surface area contributed by atoms with Gasteiger partial charge in [-0.25, -0.2) is 13.1 Å². The Hall–Kier alpha value is -3.28. The lowest BCUT2D eigenvalue weighted by molar-refractivity contribution is -0.137. The van der Waals surface area contributed by atoms with Crippen molar-refractivity contribution >= 4 is 21.6 Å². The highest BCUT2D eigenvalue weighted by molar-refractivity contribution is 7.92. The molecule has 1 saturated heterocycles. The van der Waals surface area contributed by atoms with Crippen molar-refractivity contribution in [1.82, 2.24) is 19.7 Å². The number of nitrogens with zero attached hydrogens (tertiary/aromatic N) is 3. The Morgan fingerprint density at radius 1 is 1.16 bits per heavy atom. The molecule has 2 aromatic heterocycles. The summed E-state index contributed by atoms with van der Waals surface area (Å²) in [5.74, 6) is -0.324. The molecule has 0 aliphatic carbocycles. The van der Waals surface area contributed by atoms with E-state index in [9.17, 15) is 26.4 Å². The highest BCUT2D eigenvalue weighted by atomic mass is 32.2. The van der Waals surface area contributed by atoms with Gasteiger partial charge in [-0.2, -0.15) is 18.3 Å². The average molecular weight is 453 g/mol. The number of alkyl halides is 3. The largest absolute Gasteiger partial charge is 0.416 e. The van der Waals surface area contributed by atoms with E-state index in [0.717, 1.165) is 31.2 Å². The second kappa shape index (κ2) is 7.76. The van der Waals surface area contributed by atoms with E-state index >= 15 is 0 Å². The van der Waals surface area contributed by atoms with E-state index in [4.69, 9.17) is 0 Å². The first-order valence-corrected chi connectivity index (χ1v) is 10.9. The summed E-state index contributed by atoms with van der Waals surface area (Å²) in [6.45, 7) is 1.19. The molecule has 1 fully saturated rings. The Labute approximate surface area is 175 Å². The van der Waals surface area contributed by atoms with Gasteiger partial charge in [-0.1, -0.05) is 0 Å². The number of hydrogen-bond donors (Lipinski definition) is 2. The van der Waals surface area contributed by atoms with Crippen molar-refractivity contribution < 1.29 is 26.4 Å². The molecule has 0 bridgehead atoms. The van der Waals surface area contributed by atoms with Crippen molar-refractivity contribution in [3.8, 4) is 5.69 Å². The van der Waals surface area contributed by atoms with Gasteiger partial charge in [0.2, 0.25) is 0 Å². The van der Waals surface area contributed by atoms with E-state index in [1.807, 2.05) is 0 Å². The molecule has 31 heavy (non-hydrogen) atoms. The first-order valence-electron chi connectivity index (χ1n) is 9.37. The van der Waals surface area contributed by atoms with Gasteiger partial charge in [-0.3, -0.25) is 9.52 Å². The molecule has 0 radical (unpaired) electrons. The van der Waals surface area contributed by atoms with Crippen molar-refractivity contribution in [1.29, 1.82) is 0 Å². The number of anilines is 1. The topological polar surface area (TPSA) is 100 Å². The number of hydrogen-bond acceptors (Lipinski definition) is 4.